The Labute approximate surface area is 124 Å². The number of aromatic nitrogens is 3. The number of aryl methyl sites for hydroxylation is 1. The highest BCUT2D eigenvalue weighted by Crippen LogP contribution is 2.21. The average Bonchev–Trinajstić information content (AvgIpc) is 2.45. The Bertz CT molecular complexity index is 590. The molecule has 0 spiro atoms. The predicted molar refractivity (Wildman–Crippen MR) is 81.0 cm³/mol. The Kier molecular flexibility index (Phi) is 5.31. The van der Waals surface area contributed by atoms with Gasteiger partial charge >= 0.3 is 12.0 Å². The highest BCUT2D eigenvalue weighted by molar-refractivity contribution is 5.32. The van der Waals surface area contributed by atoms with Gasteiger partial charge in [-0.3, -0.25) is 0 Å². The molecule has 1 heterocycles. The van der Waals surface area contributed by atoms with E-state index in [1.165, 1.54) is 0 Å². The molecule has 0 bridgehead atoms. The third-order valence-electron chi connectivity index (χ3n) is 2.56. The summed E-state index contributed by atoms with van der Waals surface area (Å²) in [5.41, 5.74) is 1.11. The first kappa shape index (κ1) is 15.0. The van der Waals surface area contributed by atoms with Crippen molar-refractivity contribution in [3.8, 4) is 17.8 Å². The maximum Gasteiger partial charge on any atom is 0.330 e. The SMILES string of the molecule is CCCOc1nc(NCC)nc(Oc2cccc(C)c2)n1. The van der Waals surface area contributed by atoms with E-state index in [1.54, 1.807) is 0 Å². The zero-order valence-electron chi connectivity index (χ0n) is 12.6. The van der Waals surface area contributed by atoms with Crippen molar-refractivity contribution in [2.45, 2.75) is 27.2 Å². The van der Waals surface area contributed by atoms with Crippen molar-refractivity contribution >= 4 is 5.95 Å². The quantitative estimate of drug-likeness (QED) is 0.843. The van der Waals surface area contributed by atoms with E-state index >= 15 is 0 Å². The van der Waals surface area contributed by atoms with Gasteiger partial charge < -0.3 is 14.8 Å². The van der Waals surface area contributed by atoms with Gasteiger partial charge in [0.15, 0.2) is 0 Å². The molecule has 21 heavy (non-hydrogen) atoms. The van der Waals surface area contributed by atoms with Gasteiger partial charge in [0.05, 0.1) is 6.61 Å². The van der Waals surface area contributed by atoms with E-state index in [9.17, 15) is 0 Å². The summed E-state index contributed by atoms with van der Waals surface area (Å²) in [7, 11) is 0. The highest BCUT2D eigenvalue weighted by Gasteiger charge is 2.09. The van der Waals surface area contributed by atoms with Crippen LogP contribution in [0.3, 0.4) is 0 Å². The number of nitrogens with one attached hydrogen (secondary N) is 1. The minimum absolute atomic E-state index is 0.220. The number of benzene rings is 1. The third kappa shape index (κ3) is 4.59. The largest absolute Gasteiger partial charge is 0.463 e. The molecule has 0 aliphatic carbocycles. The van der Waals surface area contributed by atoms with E-state index in [0.717, 1.165) is 12.0 Å². The highest BCUT2D eigenvalue weighted by atomic mass is 16.5. The fraction of sp³-hybridized carbons (Fsp3) is 0.400. The van der Waals surface area contributed by atoms with Crippen molar-refractivity contribution in [3.63, 3.8) is 0 Å². The summed E-state index contributed by atoms with van der Waals surface area (Å²) in [6.45, 7) is 7.26. The molecular formula is C15H20N4O2. The number of hydrogen-bond acceptors (Lipinski definition) is 6. The van der Waals surface area contributed by atoms with Crippen LogP contribution in [0, 0.1) is 6.92 Å². The smallest absolute Gasteiger partial charge is 0.330 e. The third-order valence-corrected chi connectivity index (χ3v) is 2.56. The van der Waals surface area contributed by atoms with Gasteiger partial charge in [0.25, 0.3) is 0 Å². The first-order valence-corrected chi connectivity index (χ1v) is 7.08. The van der Waals surface area contributed by atoms with Crippen LogP contribution in [0.2, 0.25) is 0 Å². The lowest BCUT2D eigenvalue weighted by Crippen LogP contribution is -2.08. The number of hydrogen-bond donors (Lipinski definition) is 1. The Morgan fingerprint density at radius 2 is 1.90 bits per heavy atom. The van der Waals surface area contributed by atoms with Crippen molar-refractivity contribution < 1.29 is 9.47 Å². The summed E-state index contributed by atoms with van der Waals surface area (Å²) in [6, 6.07) is 8.19. The van der Waals surface area contributed by atoms with E-state index < -0.39 is 0 Å². The minimum Gasteiger partial charge on any atom is -0.463 e. The molecule has 1 aromatic carbocycles. The molecule has 0 aliphatic rings. The lowest BCUT2D eigenvalue weighted by atomic mass is 10.2. The van der Waals surface area contributed by atoms with Gasteiger partial charge in [0, 0.05) is 6.54 Å². The average molecular weight is 288 g/mol. The van der Waals surface area contributed by atoms with Crippen molar-refractivity contribution in [2.24, 2.45) is 0 Å². The van der Waals surface area contributed by atoms with E-state index in [4.69, 9.17) is 9.47 Å². The molecule has 1 N–H and O–H groups in total. The summed E-state index contributed by atoms with van der Waals surface area (Å²) in [6.07, 6.45) is 0.885. The van der Waals surface area contributed by atoms with Gasteiger partial charge in [-0.1, -0.05) is 19.1 Å². The van der Waals surface area contributed by atoms with E-state index in [-0.39, 0.29) is 12.0 Å². The van der Waals surface area contributed by atoms with Crippen molar-refractivity contribution in [2.75, 3.05) is 18.5 Å². The van der Waals surface area contributed by atoms with Crippen LogP contribution in [-0.2, 0) is 0 Å². The van der Waals surface area contributed by atoms with Crippen LogP contribution in [0.1, 0.15) is 25.8 Å². The molecule has 0 aliphatic heterocycles. The zero-order chi connectivity index (χ0) is 15.1. The molecule has 0 saturated carbocycles. The molecule has 0 radical (unpaired) electrons. The standard InChI is InChI=1S/C15H20N4O2/c1-4-9-20-14-17-13(16-5-2)18-15(19-14)21-12-8-6-7-11(3)10-12/h6-8,10H,4-5,9H2,1-3H3,(H,16,17,18,19). The Morgan fingerprint density at radius 1 is 1.10 bits per heavy atom. The molecule has 0 unspecified atom stereocenters. The molecular weight excluding hydrogens is 268 g/mol. The van der Waals surface area contributed by atoms with E-state index in [1.807, 2.05) is 45.0 Å². The molecule has 6 heteroatoms. The summed E-state index contributed by atoms with van der Waals surface area (Å²) >= 11 is 0. The van der Waals surface area contributed by atoms with Gasteiger partial charge in [-0.15, -0.1) is 4.98 Å². The Morgan fingerprint density at radius 3 is 2.62 bits per heavy atom. The van der Waals surface area contributed by atoms with Gasteiger partial charge in [0.2, 0.25) is 5.95 Å². The Hall–Kier alpha value is -2.37. The lowest BCUT2D eigenvalue weighted by Gasteiger charge is -2.09. The minimum atomic E-state index is 0.220. The summed E-state index contributed by atoms with van der Waals surface area (Å²) in [5, 5.41) is 3.04. The number of ether oxygens (including phenoxy) is 2. The molecule has 112 valence electrons. The molecule has 0 amide bonds. The second-order valence-corrected chi connectivity index (χ2v) is 4.52. The summed E-state index contributed by atoms with van der Waals surface area (Å²) in [5.74, 6) is 1.13. The van der Waals surface area contributed by atoms with Crippen molar-refractivity contribution in [3.05, 3.63) is 29.8 Å². The predicted octanol–water partition coefficient (Wildman–Crippen LogP) is 3.19. The van der Waals surface area contributed by atoms with Gasteiger partial charge in [-0.2, -0.15) is 9.97 Å². The number of anilines is 1. The van der Waals surface area contributed by atoms with Crippen LogP contribution in [0.4, 0.5) is 5.95 Å². The van der Waals surface area contributed by atoms with Crippen LogP contribution in [-0.4, -0.2) is 28.1 Å². The molecule has 0 fully saturated rings. The second kappa shape index (κ2) is 7.42. The van der Waals surface area contributed by atoms with Crippen LogP contribution in [0.15, 0.2) is 24.3 Å². The first-order chi connectivity index (χ1) is 10.2. The van der Waals surface area contributed by atoms with Crippen molar-refractivity contribution in [1.82, 2.24) is 15.0 Å². The molecule has 2 aromatic rings. The van der Waals surface area contributed by atoms with Crippen LogP contribution in [0.5, 0.6) is 17.8 Å². The molecule has 0 saturated heterocycles. The van der Waals surface area contributed by atoms with Gasteiger partial charge in [0.1, 0.15) is 5.75 Å². The molecule has 0 atom stereocenters. The molecule has 2 rings (SSSR count). The van der Waals surface area contributed by atoms with Crippen LogP contribution < -0.4 is 14.8 Å². The zero-order valence-corrected chi connectivity index (χ0v) is 12.6. The van der Waals surface area contributed by atoms with E-state index in [0.29, 0.717) is 24.8 Å². The number of rotatable bonds is 7. The summed E-state index contributed by atoms with van der Waals surface area (Å²) in [4.78, 5) is 12.6. The Balaban J connectivity index is 2.22. The van der Waals surface area contributed by atoms with Crippen LogP contribution in [0.25, 0.3) is 0 Å². The van der Waals surface area contributed by atoms with Gasteiger partial charge in [-0.05, 0) is 38.0 Å². The maximum absolute atomic E-state index is 5.68. The molecule has 1 aromatic heterocycles. The maximum atomic E-state index is 5.68. The number of nitrogens with zero attached hydrogens (tertiary/aromatic N) is 3. The normalized spacial score (nSPS) is 10.2. The first-order valence-electron chi connectivity index (χ1n) is 7.08. The fourth-order valence-corrected chi connectivity index (χ4v) is 1.66. The lowest BCUT2D eigenvalue weighted by molar-refractivity contribution is 0.285. The molecule has 6 nitrogen and oxygen atoms in total. The van der Waals surface area contributed by atoms with E-state index in [2.05, 4.69) is 20.3 Å². The monoisotopic (exact) mass is 288 g/mol. The van der Waals surface area contributed by atoms with Gasteiger partial charge in [-0.25, -0.2) is 0 Å². The second-order valence-electron chi connectivity index (χ2n) is 4.52. The van der Waals surface area contributed by atoms with Crippen LogP contribution >= 0.6 is 0 Å². The summed E-state index contributed by atoms with van der Waals surface area (Å²) < 4.78 is 11.1. The fourth-order valence-electron chi connectivity index (χ4n) is 1.66. The van der Waals surface area contributed by atoms with Crippen molar-refractivity contribution in [1.29, 1.82) is 0 Å². The topological polar surface area (TPSA) is 69.2 Å².